The Morgan fingerprint density at radius 2 is 2.14 bits per heavy atom. The van der Waals surface area contributed by atoms with E-state index in [1.54, 1.807) is 48.5 Å². The quantitative estimate of drug-likeness (QED) is 0.943. The van der Waals surface area contributed by atoms with Crippen LogP contribution in [0.15, 0.2) is 42.6 Å². The first-order chi connectivity index (χ1) is 10.2. The van der Waals surface area contributed by atoms with Crippen molar-refractivity contribution in [1.29, 1.82) is 0 Å². The summed E-state index contributed by atoms with van der Waals surface area (Å²) in [4.78, 5) is 18.3. The standard InChI is InChI=1S/C16H16FN3O/c1-18-15-7-6-11(10-19-15)16(21)20-9-8-14(20)12-4-2-3-5-13(12)17/h2-7,10,14H,8-9H2,1H3,(H,18,19). The minimum absolute atomic E-state index is 0.107. The van der Waals surface area contributed by atoms with Crippen molar-refractivity contribution in [2.45, 2.75) is 12.5 Å². The second-order valence-corrected chi connectivity index (χ2v) is 5.01. The van der Waals surface area contributed by atoms with E-state index in [0.717, 1.165) is 6.42 Å². The zero-order valence-electron chi connectivity index (χ0n) is 11.7. The van der Waals surface area contributed by atoms with Crippen molar-refractivity contribution >= 4 is 11.7 Å². The van der Waals surface area contributed by atoms with E-state index in [2.05, 4.69) is 10.3 Å². The number of benzene rings is 1. The fourth-order valence-electron chi connectivity index (χ4n) is 2.53. The van der Waals surface area contributed by atoms with Crippen LogP contribution in [0, 0.1) is 5.82 Å². The molecule has 4 nitrogen and oxygen atoms in total. The topological polar surface area (TPSA) is 45.2 Å². The molecule has 0 radical (unpaired) electrons. The predicted molar refractivity (Wildman–Crippen MR) is 78.6 cm³/mol. The summed E-state index contributed by atoms with van der Waals surface area (Å²) >= 11 is 0. The van der Waals surface area contributed by atoms with Crippen molar-refractivity contribution < 1.29 is 9.18 Å². The molecule has 0 spiro atoms. The largest absolute Gasteiger partial charge is 0.373 e. The normalized spacial score (nSPS) is 17.2. The van der Waals surface area contributed by atoms with E-state index in [1.165, 1.54) is 6.07 Å². The molecule has 2 heterocycles. The van der Waals surface area contributed by atoms with Gasteiger partial charge < -0.3 is 10.2 Å². The number of nitrogens with zero attached hydrogens (tertiary/aromatic N) is 2. The Hall–Kier alpha value is -2.43. The van der Waals surface area contributed by atoms with Gasteiger partial charge in [-0.3, -0.25) is 4.79 Å². The van der Waals surface area contributed by atoms with Crippen LogP contribution in [-0.2, 0) is 0 Å². The molecule has 0 bridgehead atoms. The third-order valence-corrected chi connectivity index (χ3v) is 3.81. The van der Waals surface area contributed by atoms with E-state index in [0.29, 0.717) is 23.5 Å². The maximum atomic E-state index is 13.8. The van der Waals surface area contributed by atoms with Gasteiger partial charge in [0.05, 0.1) is 11.6 Å². The summed E-state index contributed by atoms with van der Waals surface area (Å²) in [6.45, 7) is 0.644. The molecule has 1 N–H and O–H groups in total. The monoisotopic (exact) mass is 285 g/mol. The first kappa shape index (κ1) is 13.5. The van der Waals surface area contributed by atoms with E-state index < -0.39 is 0 Å². The first-order valence-corrected chi connectivity index (χ1v) is 6.90. The molecule has 1 unspecified atom stereocenters. The van der Waals surface area contributed by atoms with E-state index in [4.69, 9.17) is 0 Å². The van der Waals surface area contributed by atoms with Crippen molar-refractivity contribution in [2.75, 3.05) is 18.9 Å². The second kappa shape index (κ2) is 5.52. The number of hydrogen-bond acceptors (Lipinski definition) is 3. The van der Waals surface area contributed by atoms with Crippen LogP contribution in [0.4, 0.5) is 10.2 Å². The van der Waals surface area contributed by atoms with E-state index in [-0.39, 0.29) is 17.8 Å². The molecule has 0 aliphatic carbocycles. The highest BCUT2D eigenvalue weighted by molar-refractivity contribution is 5.94. The lowest BCUT2D eigenvalue weighted by Gasteiger charge is -2.41. The van der Waals surface area contributed by atoms with Gasteiger partial charge in [0.2, 0.25) is 0 Å². The fraction of sp³-hybridized carbons (Fsp3) is 0.250. The Balaban J connectivity index is 1.80. The zero-order valence-corrected chi connectivity index (χ0v) is 11.7. The van der Waals surface area contributed by atoms with Gasteiger partial charge in [-0.25, -0.2) is 9.37 Å². The maximum Gasteiger partial charge on any atom is 0.255 e. The smallest absolute Gasteiger partial charge is 0.255 e. The van der Waals surface area contributed by atoms with Gasteiger partial charge in [0, 0.05) is 25.4 Å². The molecule has 1 aliphatic rings. The second-order valence-electron chi connectivity index (χ2n) is 5.01. The number of halogens is 1. The third-order valence-electron chi connectivity index (χ3n) is 3.81. The van der Waals surface area contributed by atoms with Gasteiger partial charge in [0.15, 0.2) is 0 Å². The molecule has 1 aromatic heterocycles. The summed E-state index contributed by atoms with van der Waals surface area (Å²) in [5, 5.41) is 2.91. The van der Waals surface area contributed by atoms with Gasteiger partial charge in [-0.2, -0.15) is 0 Å². The number of pyridine rings is 1. The van der Waals surface area contributed by atoms with Crippen LogP contribution in [0.25, 0.3) is 0 Å². The van der Waals surface area contributed by atoms with Crippen molar-refractivity contribution in [3.8, 4) is 0 Å². The number of nitrogens with one attached hydrogen (secondary N) is 1. The summed E-state index contributed by atoms with van der Waals surface area (Å²) in [6, 6.07) is 9.93. The number of carbonyl (C=O) groups is 1. The highest BCUT2D eigenvalue weighted by Gasteiger charge is 2.35. The van der Waals surface area contributed by atoms with Gasteiger partial charge in [-0.1, -0.05) is 18.2 Å². The number of anilines is 1. The molecule has 2 aromatic rings. The van der Waals surface area contributed by atoms with Crippen LogP contribution in [0.5, 0.6) is 0 Å². The Kier molecular flexibility index (Phi) is 3.56. The average Bonchev–Trinajstić information content (AvgIpc) is 2.48. The summed E-state index contributed by atoms with van der Waals surface area (Å²) in [5.74, 6) is 0.342. The summed E-state index contributed by atoms with van der Waals surface area (Å²) < 4.78 is 13.8. The molecule has 1 fully saturated rings. The minimum Gasteiger partial charge on any atom is -0.373 e. The van der Waals surface area contributed by atoms with Gasteiger partial charge in [0.25, 0.3) is 5.91 Å². The lowest BCUT2D eigenvalue weighted by atomic mass is 9.93. The Morgan fingerprint density at radius 3 is 2.71 bits per heavy atom. The van der Waals surface area contributed by atoms with E-state index in [1.807, 2.05) is 0 Å². The highest BCUT2D eigenvalue weighted by atomic mass is 19.1. The van der Waals surface area contributed by atoms with Crippen molar-refractivity contribution in [3.63, 3.8) is 0 Å². The Labute approximate surface area is 122 Å². The molecule has 5 heteroatoms. The molecule has 0 saturated carbocycles. The summed E-state index contributed by atoms with van der Waals surface area (Å²) in [6.07, 6.45) is 2.33. The van der Waals surface area contributed by atoms with Gasteiger partial charge >= 0.3 is 0 Å². The Bertz CT molecular complexity index is 657. The lowest BCUT2D eigenvalue weighted by molar-refractivity contribution is 0.0452. The number of hydrogen-bond donors (Lipinski definition) is 1. The van der Waals surface area contributed by atoms with Crippen LogP contribution in [0.3, 0.4) is 0 Å². The zero-order chi connectivity index (χ0) is 14.8. The van der Waals surface area contributed by atoms with E-state index in [9.17, 15) is 9.18 Å². The average molecular weight is 285 g/mol. The van der Waals surface area contributed by atoms with Crippen LogP contribution in [-0.4, -0.2) is 29.4 Å². The molecule has 3 rings (SSSR count). The van der Waals surface area contributed by atoms with Gasteiger partial charge in [-0.15, -0.1) is 0 Å². The SMILES string of the molecule is CNc1ccc(C(=O)N2CCC2c2ccccc2F)cn1. The molecular weight excluding hydrogens is 269 g/mol. The first-order valence-electron chi connectivity index (χ1n) is 6.90. The molecule has 1 aromatic carbocycles. The molecule has 21 heavy (non-hydrogen) atoms. The number of likely N-dealkylation sites (tertiary alicyclic amines) is 1. The molecule has 1 saturated heterocycles. The number of carbonyl (C=O) groups excluding carboxylic acids is 1. The highest BCUT2D eigenvalue weighted by Crippen LogP contribution is 2.35. The van der Waals surface area contributed by atoms with Gasteiger partial charge in [0.1, 0.15) is 11.6 Å². The molecule has 1 aliphatic heterocycles. The number of amides is 1. The van der Waals surface area contributed by atoms with Crippen LogP contribution >= 0.6 is 0 Å². The third kappa shape index (κ3) is 2.46. The fourth-order valence-corrected chi connectivity index (χ4v) is 2.53. The molecule has 1 atom stereocenters. The predicted octanol–water partition coefficient (Wildman–Crippen LogP) is 2.85. The molecular formula is C16H16FN3O. The summed E-state index contributed by atoms with van der Waals surface area (Å²) in [5.41, 5.74) is 1.10. The van der Waals surface area contributed by atoms with Crippen LogP contribution < -0.4 is 5.32 Å². The summed E-state index contributed by atoms with van der Waals surface area (Å²) in [7, 11) is 1.77. The van der Waals surface area contributed by atoms with Crippen LogP contribution in [0.2, 0.25) is 0 Å². The number of aromatic nitrogens is 1. The maximum absolute atomic E-state index is 13.8. The number of rotatable bonds is 3. The van der Waals surface area contributed by atoms with E-state index >= 15 is 0 Å². The van der Waals surface area contributed by atoms with Crippen molar-refractivity contribution in [2.24, 2.45) is 0 Å². The lowest BCUT2D eigenvalue weighted by Crippen LogP contribution is -2.45. The van der Waals surface area contributed by atoms with Gasteiger partial charge in [-0.05, 0) is 24.6 Å². The van der Waals surface area contributed by atoms with Crippen molar-refractivity contribution in [3.05, 3.63) is 59.5 Å². The molecule has 1 amide bonds. The molecule has 108 valence electrons. The Morgan fingerprint density at radius 1 is 1.33 bits per heavy atom. The van der Waals surface area contributed by atoms with Crippen molar-refractivity contribution in [1.82, 2.24) is 9.88 Å². The minimum atomic E-state index is -0.261. The van der Waals surface area contributed by atoms with Crippen LogP contribution in [0.1, 0.15) is 28.4 Å².